The summed E-state index contributed by atoms with van der Waals surface area (Å²) in [4.78, 5) is 40.8. The fourth-order valence-corrected chi connectivity index (χ4v) is 4.39. The van der Waals surface area contributed by atoms with Crippen molar-refractivity contribution in [3.63, 3.8) is 0 Å². The Morgan fingerprint density at radius 2 is 1.76 bits per heavy atom. The highest BCUT2D eigenvalue weighted by atomic mass is 127. The van der Waals surface area contributed by atoms with Gasteiger partial charge < -0.3 is 15.3 Å². The van der Waals surface area contributed by atoms with Crippen molar-refractivity contribution < 1.29 is 19.5 Å². The highest BCUT2D eigenvalue weighted by Crippen LogP contribution is 2.38. The van der Waals surface area contributed by atoms with Crippen molar-refractivity contribution in [2.45, 2.75) is 12.1 Å². The van der Waals surface area contributed by atoms with Crippen LogP contribution in [-0.4, -0.2) is 27.8 Å². The molecule has 4 rings (SSSR count). The van der Waals surface area contributed by atoms with E-state index >= 15 is 0 Å². The molecule has 0 aromatic heterocycles. The van der Waals surface area contributed by atoms with Gasteiger partial charge in [-0.15, -0.1) is 0 Å². The number of carbonyl (C=O) groups is 3. The SMILES string of the molecule is N#Cc1ccc(C2C(=O)Nc3ccc(I)cc3C(=O)N2C(C(=O)O)c2ccc(Cl)cc2)cc1. The minimum Gasteiger partial charge on any atom is -0.479 e. The number of carboxylic acid groups (broad SMARTS) is 1. The number of aliphatic carboxylic acids is 1. The molecule has 164 valence electrons. The number of carboxylic acids is 1. The summed E-state index contributed by atoms with van der Waals surface area (Å²) in [6.45, 7) is 0. The molecule has 1 aliphatic heterocycles. The molecular formula is C24H15ClIN3O4. The number of anilines is 1. The van der Waals surface area contributed by atoms with Crippen molar-refractivity contribution in [1.29, 1.82) is 5.26 Å². The topological polar surface area (TPSA) is 111 Å². The van der Waals surface area contributed by atoms with Gasteiger partial charge in [0.2, 0.25) is 0 Å². The number of nitriles is 1. The normalized spacial score (nSPS) is 16.3. The molecular weight excluding hydrogens is 557 g/mol. The van der Waals surface area contributed by atoms with Crippen molar-refractivity contribution in [2.75, 3.05) is 5.32 Å². The maximum atomic E-state index is 13.8. The van der Waals surface area contributed by atoms with Gasteiger partial charge in [-0.05, 0) is 76.2 Å². The monoisotopic (exact) mass is 571 g/mol. The second-order valence-electron chi connectivity index (χ2n) is 7.32. The Kier molecular flexibility index (Phi) is 6.35. The van der Waals surface area contributed by atoms with Gasteiger partial charge in [0.1, 0.15) is 6.04 Å². The summed E-state index contributed by atoms with van der Waals surface area (Å²) in [5.74, 6) is -2.47. The lowest BCUT2D eigenvalue weighted by Crippen LogP contribution is -2.44. The number of nitrogens with zero attached hydrogens (tertiary/aromatic N) is 2. The zero-order chi connectivity index (χ0) is 23.7. The minimum atomic E-state index is -1.47. The Morgan fingerprint density at radius 1 is 1.09 bits per heavy atom. The van der Waals surface area contributed by atoms with Gasteiger partial charge in [0, 0.05) is 8.59 Å². The van der Waals surface area contributed by atoms with Crippen LogP contribution >= 0.6 is 34.2 Å². The molecule has 0 spiro atoms. The number of hydrogen-bond acceptors (Lipinski definition) is 4. The second-order valence-corrected chi connectivity index (χ2v) is 9.00. The fourth-order valence-electron chi connectivity index (χ4n) is 3.77. The summed E-state index contributed by atoms with van der Waals surface area (Å²) in [6, 6.07) is 16.5. The van der Waals surface area contributed by atoms with E-state index in [-0.39, 0.29) is 5.56 Å². The molecule has 0 saturated heterocycles. The van der Waals surface area contributed by atoms with Crippen LogP contribution in [0.4, 0.5) is 5.69 Å². The molecule has 2 atom stereocenters. The van der Waals surface area contributed by atoms with Crippen LogP contribution in [0.15, 0.2) is 66.7 Å². The molecule has 2 N–H and O–H groups in total. The summed E-state index contributed by atoms with van der Waals surface area (Å²) in [7, 11) is 0. The number of hydrogen-bond donors (Lipinski definition) is 2. The average molecular weight is 572 g/mol. The Labute approximate surface area is 207 Å². The van der Waals surface area contributed by atoms with E-state index in [0.717, 1.165) is 8.47 Å². The number of carbonyl (C=O) groups excluding carboxylic acids is 2. The van der Waals surface area contributed by atoms with Gasteiger partial charge in [-0.1, -0.05) is 35.9 Å². The molecule has 2 amide bonds. The van der Waals surface area contributed by atoms with E-state index in [4.69, 9.17) is 16.9 Å². The Hall–Kier alpha value is -3.42. The average Bonchev–Trinajstić information content (AvgIpc) is 2.90. The van der Waals surface area contributed by atoms with Crippen molar-refractivity contribution in [2.24, 2.45) is 0 Å². The third-order valence-corrected chi connectivity index (χ3v) is 6.21. The van der Waals surface area contributed by atoms with Crippen molar-refractivity contribution in [3.05, 3.63) is 97.6 Å². The molecule has 9 heteroatoms. The first kappa shape index (κ1) is 22.8. The predicted octanol–water partition coefficient (Wildman–Crippen LogP) is 4.78. The fraction of sp³-hybridized carbons (Fsp3) is 0.0833. The zero-order valence-electron chi connectivity index (χ0n) is 16.8. The van der Waals surface area contributed by atoms with Crippen molar-refractivity contribution >= 4 is 57.7 Å². The molecule has 7 nitrogen and oxygen atoms in total. The van der Waals surface area contributed by atoms with Crippen LogP contribution in [0.2, 0.25) is 5.02 Å². The van der Waals surface area contributed by atoms with Crippen LogP contribution < -0.4 is 5.32 Å². The number of fused-ring (bicyclic) bond motifs is 1. The number of nitrogens with one attached hydrogen (secondary N) is 1. The van der Waals surface area contributed by atoms with E-state index in [1.54, 1.807) is 30.3 Å². The smallest absolute Gasteiger partial charge is 0.331 e. The molecule has 0 bridgehead atoms. The lowest BCUT2D eigenvalue weighted by molar-refractivity contribution is -0.144. The van der Waals surface area contributed by atoms with E-state index in [0.29, 0.717) is 27.4 Å². The quantitative estimate of drug-likeness (QED) is 0.438. The third kappa shape index (κ3) is 4.42. The van der Waals surface area contributed by atoms with E-state index < -0.39 is 29.9 Å². The van der Waals surface area contributed by atoms with Crippen molar-refractivity contribution in [1.82, 2.24) is 4.90 Å². The number of halogens is 2. The second kappa shape index (κ2) is 9.21. The van der Waals surface area contributed by atoms with Crippen LogP contribution in [0.1, 0.15) is 39.1 Å². The maximum absolute atomic E-state index is 13.8. The van der Waals surface area contributed by atoms with Crippen LogP contribution in [0, 0.1) is 14.9 Å². The molecule has 1 aliphatic rings. The predicted molar refractivity (Wildman–Crippen MR) is 130 cm³/mol. The minimum absolute atomic E-state index is 0.187. The van der Waals surface area contributed by atoms with E-state index in [2.05, 4.69) is 5.32 Å². The summed E-state index contributed by atoms with van der Waals surface area (Å²) in [5, 5.41) is 22.5. The van der Waals surface area contributed by atoms with Gasteiger partial charge in [0.05, 0.1) is 22.9 Å². The third-order valence-electron chi connectivity index (χ3n) is 5.28. The molecule has 1 heterocycles. The lowest BCUT2D eigenvalue weighted by atomic mass is 9.97. The van der Waals surface area contributed by atoms with E-state index in [1.807, 2.05) is 28.7 Å². The van der Waals surface area contributed by atoms with Crippen molar-refractivity contribution in [3.8, 4) is 6.07 Å². The maximum Gasteiger partial charge on any atom is 0.331 e. The summed E-state index contributed by atoms with van der Waals surface area (Å²) in [5.41, 5.74) is 1.53. The molecule has 0 radical (unpaired) electrons. The molecule has 3 aromatic rings. The summed E-state index contributed by atoms with van der Waals surface area (Å²) in [6.07, 6.45) is 0. The molecule has 0 aliphatic carbocycles. The first-order chi connectivity index (χ1) is 15.8. The Morgan fingerprint density at radius 3 is 2.36 bits per heavy atom. The van der Waals surface area contributed by atoms with E-state index in [9.17, 15) is 19.5 Å². The summed E-state index contributed by atoms with van der Waals surface area (Å²) < 4.78 is 0.754. The van der Waals surface area contributed by atoms with Gasteiger partial charge >= 0.3 is 5.97 Å². The molecule has 0 saturated carbocycles. The first-order valence-corrected chi connectivity index (χ1v) is 11.2. The lowest BCUT2D eigenvalue weighted by Gasteiger charge is -2.34. The Balaban J connectivity index is 1.95. The van der Waals surface area contributed by atoms with Crippen LogP contribution in [0.3, 0.4) is 0 Å². The highest BCUT2D eigenvalue weighted by molar-refractivity contribution is 14.1. The van der Waals surface area contributed by atoms with E-state index in [1.165, 1.54) is 36.4 Å². The standard InChI is InChI=1S/C24H15ClIN3O4/c25-16-7-5-15(6-8-16)21(24(32)33)29-20(14-3-1-13(12-27)2-4-14)22(30)28-19-10-9-17(26)11-18(19)23(29)31/h1-11,20-21H,(H,28,30)(H,32,33). The summed E-state index contributed by atoms with van der Waals surface area (Å²) >= 11 is 8.02. The highest BCUT2D eigenvalue weighted by Gasteiger charge is 2.43. The first-order valence-electron chi connectivity index (χ1n) is 9.71. The van der Waals surface area contributed by atoms with Crippen LogP contribution in [0.5, 0.6) is 0 Å². The number of benzene rings is 3. The van der Waals surface area contributed by atoms with Crippen LogP contribution in [-0.2, 0) is 9.59 Å². The molecule has 33 heavy (non-hydrogen) atoms. The van der Waals surface area contributed by atoms with Gasteiger partial charge in [0.15, 0.2) is 6.04 Å². The molecule has 3 aromatic carbocycles. The Bertz CT molecular complexity index is 1300. The number of amides is 2. The molecule has 0 fully saturated rings. The van der Waals surface area contributed by atoms with Crippen LogP contribution in [0.25, 0.3) is 0 Å². The largest absolute Gasteiger partial charge is 0.479 e. The van der Waals surface area contributed by atoms with Gasteiger partial charge in [-0.3, -0.25) is 9.59 Å². The zero-order valence-corrected chi connectivity index (χ0v) is 19.7. The number of rotatable bonds is 4. The van der Waals surface area contributed by atoms with Gasteiger partial charge in [0.25, 0.3) is 11.8 Å². The molecule has 2 unspecified atom stereocenters. The van der Waals surface area contributed by atoms with Gasteiger partial charge in [-0.25, -0.2) is 4.79 Å². The van der Waals surface area contributed by atoms with Gasteiger partial charge in [-0.2, -0.15) is 5.26 Å².